The molecule has 0 bridgehead atoms. The maximum atomic E-state index is 12.5. The van der Waals surface area contributed by atoms with Crippen molar-refractivity contribution in [2.24, 2.45) is 0 Å². The molecule has 1 aromatic rings. The molecule has 0 unspecified atom stereocenters. The third-order valence-corrected chi connectivity index (χ3v) is 4.86. The molecule has 0 radical (unpaired) electrons. The zero-order valence-corrected chi connectivity index (χ0v) is 14.9. The van der Waals surface area contributed by atoms with Crippen molar-refractivity contribution in [2.45, 2.75) is 50.5 Å². The van der Waals surface area contributed by atoms with Gasteiger partial charge in [-0.3, -0.25) is 0 Å². The third kappa shape index (κ3) is 7.63. The summed E-state index contributed by atoms with van der Waals surface area (Å²) >= 11 is 0. The van der Waals surface area contributed by atoms with E-state index in [1.165, 1.54) is 13.4 Å². The van der Waals surface area contributed by atoms with Crippen molar-refractivity contribution >= 4 is 10.0 Å². The van der Waals surface area contributed by atoms with Crippen LogP contribution < -0.4 is 4.72 Å². The minimum atomic E-state index is -3.54. The van der Waals surface area contributed by atoms with Gasteiger partial charge in [0.1, 0.15) is 0 Å². The van der Waals surface area contributed by atoms with Crippen LogP contribution in [0.15, 0.2) is 41.5 Å². The number of hydrogen-bond acceptors (Lipinski definition) is 4. The van der Waals surface area contributed by atoms with Crippen molar-refractivity contribution in [2.75, 3.05) is 13.9 Å². The van der Waals surface area contributed by atoms with Crippen molar-refractivity contribution in [3.05, 3.63) is 42.2 Å². The number of methoxy groups -OCH3 is 1. The SMILES string of the molecule is CCCCC[C@@H](/C=C/OCOC)NS(=O)(=O)c1ccc(C)cc1. The highest BCUT2D eigenvalue weighted by Crippen LogP contribution is 2.13. The third-order valence-electron chi connectivity index (χ3n) is 3.35. The molecule has 0 spiro atoms. The van der Waals surface area contributed by atoms with Gasteiger partial charge < -0.3 is 9.47 Å². The molecule has 1 atom stereocenters. The molecule has 0 saturated carbocycles. The van der Waals surface area contributed by atoms with E-state index in [1.807, 2.05) is 6.92 Å². The Morgan fingerprint density at radius 3 is 2.52 bits per heavy atom. The Morgan fingerprint density at radius 2 is 1.91 bits per heavy atom. The Morgan fingerprint density at radius 1 is 1.22 bits per heavy atom. The van der Waals surface area contributed by atoms with Crippen LogP contribution >= 0.6 is 0 Å². The Kier molecular flexibility index (Phi) is 8.91. The van der Waals surface area contributed by atoms with Crippen LogP contribution in [0, 0.1) is 6.92 Å². The molecule has 0 heterocycles. The Hall–Kier alpha value is -1.37. The number of sulfonamides is 1. The van der Waals surface area contributed by atoms with Crippen LogP contribution in [0.2, 0.25) is 0 Å². The van der Waals surface area contributed by atoms with Crippen LogP contribution in [-0.4, -0.2) is 28.4 Å². The zero-order chi connectivity index (χ0) is 17.1. The molecule has 0 aromatic heterocycles. The van der Waals surface area contributed by atoms with Crippen molar-refractivity contribution in [1.29, 1.82) is 0 Å². The van der Waals surface area contributed by atoms with Gasteiger partial charge in [0.15, 0.2) is 6.79 Å². The second-order valence-corrected chi connectivity index (χ2v) is 7.15. The van der Waals surface area contributed by atoms with E-state index >= 15 is 0 Å². The normalized spacial score (nSPS) is 13.3. The van der Waals surface area contributed by atoms with Gasteiger partial charge in [-0.05, 0) is 31.6 Å². The van der Waals surface area contributed by atoms with E-state index < -0.39 is 10.0 Å². The van der Waals surface area contributed by atoms with Gasteiger partial charge in [0.25, 0.3) is 0 Å². The van der Waals surface area contributed by atoms with Gasteiger partial charge in [0.05, 0.1) is 11.2 Å². The number of rotatable bonds is 11. The molecule has 0 aliphatic rings. The zero-order valence-electron chi connectivity index (χ0n) is 14.1. The first-order valence-electron chi connectivity index (χ1n) is 7.85. The standard InChI is InChI=1S/C17H27NO4S/c1-4-5-6-7-16(12-13-22-14-21-3)18-23(19,20)17-10-8-15(2)9-11-17/h8-13,16,18H,4-7,14H2,1-3H3/b13-12+/t16-/m0/s1. The van der Waals surface area contributed by atoms with Gasteiger partial charge in [0, 0.05) is 13.2 Å². The lowest BCUT2D eigenvalue weighted by Crippen LogP contribution is -2.33. The summed E-state index contributed by atoms with van der Waals surface area (Å²) in [6, 6.07) is 6.51. The van der Waals surface area contributed by atoms with E-state index in [0.717, 1.165) is 31.2 Å². The van der Waals surface area contributed by atoms with Crippen LogP contribution in [0.4, 0.5) is 0 Å². The fraction of sp³-hybridized carbons (Fsp3) is 0.529. The van der Waals surface area contributed by atoms with Crippen molar-refractivity contribution in [1.82, 2.24) is 4.72 Å². The van der Waals surface area contributed by atoms with Crippen LogP contribution in [-0.2, 0) is 19.5 Å². The summed E-state index contributed by atoms with van der Waals surface area (Å²) in [4.78, 5) is 0.273. The number of ether oxygens (including phenoxy) is 2. The van der Waals surface area contributed by atoms with Crippen molar-refractivity contribution < 1.29 is 17.9 Å². The largest absolute Gasteiger partial charge is 0.475 e. The summed E-state index contributed by atoms with van der Waals surface area (Å²) in [7, 11) is -2.01. The Bertz CT molecular complexity index is 567. The summed E-state index contributed by atoms with van der Waals surface area (Å²) in [5.74, 6) is 0. The molecule has 130 valence electrons. The van der Waals surface area contributed by atoms with Gasteiger partial charge in [-0.2, -0.15) is 0 Å². The summed E-state index contributed by atoms with van der Waals surface area (Å²) in [5.41, 5.74) is 1.02. The maximum Gasteiger partial charge on any atom is 0.241 e. The van der Waals surface area contributed by atoms with Crippen molar-refractivity contribution in [3.8, 4) is 0 Å². The van der Waals surface area contributed by atoms with E-state index in [9.17, 15) is 8.42 Å². The first kappa shape index (κ1) is 19.7. The molecule has 0 fully saturated rings. The Labute approximate surface area is 139 Å². The number of aryl methyl sites for hydroxylation is 1. The topological polar surface area (TPSA) is 64.6 Å². The molecule has 0 saturated heterocycles. The summed E-state index contributed by atoms with van der Waals surface area (Å²) in [6.45, 7) is 4.18. The van der Waals surface area contributed by atoms with Gasteiger partial charge in [-0.25, -0.2) is 13.1 Å². The van der Waals surface area contributed by atoms with E-state index in [1.54, 1.807) is 30.3 Å². The number of unbranched alkanes of at least 4 members (excludes halogenated alkanes) is 2. The molecule has 0 amide bonds. The monoisotopic (exact) mass is 341 g/mol. The van der Waals surface area contributed by atoms with Crippen LogP contribution in [0.3, 0.4) is 0 Å². The number of nitrogens with one attached hydrogen (secondary N) is 1. The minimum Gasteiger partial charge on any atom is -0.475 e. The van der Waals surface area contributed by atoms with E-state index in [0.29, 0.717) is 0 Å². The van der Waals surface area contributed by atoms with Crippen LogP contribution in [0.5, 0.6) is 0 Å². The smallest absolute Gasteiger partial charge is 0.241 e. The average Bonchev–Trinajstić information content (AvgIpc) is 2.51. The number of hydrogen-bond donors (Lipinski definition) is 1. The van der Waals surface area contributed by atoms with Gasteiger partial charge >= 0.3 is 0 Å². The predicted molar refractivity (Wildman–Crippen MR) is 91.5 cm³/mol. The van der Waals surface area contributed by atoms with Crippen LogP contribution in [0.1, 0.15) is 38.2 Å². The average molecular weight is 341 g/mol. The second-order valence-electron chi connectivity index (χ2n) is 5.44. The molecular formula is C17H27NO4S. The molecule has 6 heteroatoms. The summed E-state index contributed by atoms with van der Waals surface area (Å²) < 4.78 is 37.6. The molecule has 1 rings (SSSR count). The van der Waals surface area contributed by atoms with E-state index in [4.69, 9.17) is 9.47 Å². The highest BCUT2D eigenvalue weighted by molar-refractivity contribution is 7.89. The molecule has 1 N–H and O–H groups in total. The highest BCUT2D eigenvalue weighted by Gasteiger charge is 2.18. The summed E-state index contributed by atoms with van der Waals surface area (Å²) in [5, 5.41) is 0. The quantitative estimate of drug-likeness (QED) is 0.381. The van der Waals surface area contributed by atoms with Gasteiger partial charge in [0.2, 0.25) is 10.0 Å². The lowest BCUT2D eigenvalue weighted by Gasteiger charge is -2.15. The predicted octanol–water partition coefficient (Wildman–Crippen LogP) is 3.36. The second kappa shape index (κ2) is 10.4. The molecule has 23 heavy (non-hydrogen) atoms. The minimum absolute atomic E-state index is 0.142. The van der Waals surface area contributed by atoms with Gasteiger partial charge in [-0.1, -0.05) is 43.9 Å². The van der Waals surface area contributed by atoms with Crippen LogP contribution in [0.25, 0.3) is 0 Å². The van der Waals surface area contributed by atoms with E-state index in [2.05, 4.69) is 11.6 Å². The molecule has 5 nitrogen and oxygen atoms in total. The number of benzene rings is 1. The maximum absolute atomic E-state index is 12.5. The fourth-order valence-electron chi connectivity index (χ4n) is 2.05. The lowest BCUT2D eigenvalue weighted by molar-refractivity contribution is 0.0195. The molecular weight excluding hydrogens is 314 g/mol. The molecule has 1 aromatic carbocycles. The highest BCUT2D eigenvalue weighted by atomic mass is 32.2. The molecule has 0 aliphatic carbocycles. The van der Waals surface area contributed by atoms with Crippen molar-refractivity contribution in [3.63, 3.8) is 0 Å². The fourth-order valence-corrected chi connectivity index (χ4v) is 3.28. The Balaban J connectivity index is 2.76. The molecule has 0 aliphatic heterocycles. The first-order valence-corrected chi connectivity index (χ1v) is 9.34. The van der Waals surface area contributed by atoms with Gasteiger partial charge in [-0.15, -0.1) is 0 Å². The van der Waals surface area contributed by atoms with E-state index in [-0.39, 0.29) is 17.7 Å². The lowest BCUT2D eigenvalue weighted by atomic mass is 10.1. The summed E-state index contributed by atoms with van der Waals surface area (Å²) in [6.07, 6.45) is 7.03. The first-order chi connectivity index (χ1) is 11.0.